The van der Waals surface area contributed by atoms with Crippen molar-refractivity contribution < 1.29 is 27.2 Å². The largest absolute Gasteiger partial charge is 0.416 e. The van der Waals surface area contributed by atoms with Crippen molar-refractivity contribution in [1.82, 2.24) is 10.7 Å². The Morgan fingerprint density at radius 3 is 2.29 bits per heavy atom. The minimum absolute atomic E-state index is 0.0195. The van der Waals surface area contributed by atoms with Crippen molar-refractivity contribution in [3.8, 4) is 0 Å². The Kier molecular flexibility index (Phi) is 6.61. The predicted molar refractivity (Wildman–Crippen MR) is 95.7 cm³/mol. The molecule has 28 heavy (non-hydrogen) atoms. The lowest BCUT2D eigenvalue weighted by Gasteiger charge is -2.22. The summed E-state index contributed by atoms with van der Waals surface area (Å²) in [5.74, 6) is -2.55. The molecular formula is C19H19F4N3O2. The number of benzene rings is 2. The van der Waals surface area contributed by atoms with E-state index in [-0.39, 0.29) is 17.2 Å². The van der Waals surface area contributed by atoms with E-state index in [4.69, 9.17) is 0 Å². The monoisotopic (exact) mass is 397 g/mol. The van der Waals surface area contributed by atoms with Gasteiger partial charge < -0.3 is 5.32 Å². The summed E-state index contributed by atoms with van der Waals surface area (Å²) in [6.45, 7) is 3.33. The summed E-state index contributed by atoms with van der Waals surface area (Å²) in [7, 11) is 0. The standard InChI is InChI=1S/C19H19F4N3O2/c1-11(2)16(24-17(27)14-8-3-4-9-15(14)20)18(28)26-25-13-7-5-6-12(10-13)19(21,22)23/h3-11,16,25H,1-2H3,(H,24,27)(H,26,28). The molecular weight excluding hydrogens is 378 g/mol. The number of hydrazine groups is 1. The molecule has 0 fully saturated rings. The lowest BCUT2D eigenvalue weighted by Crippen LogP contribution is -2.51. The topological polar surface area (TPSA) is 70.2 Å². The summed E-state index contributed by atoms with van der Waals surface area (Å²) >= 11 is 0. The van der Waals surface area contributed by atoms with Crippen LogP contribution in [0.25, 0.3) is 0 Å². The third-order valence-electron chi connectivity index (χ3n) is 3.87. The zero-order chi connectivity index (χ0) is 20.9. The second-order valence-electron chi connectivity index (χ2n) is 6.37. The first-order chi connectivity index (χ1) is 13.1. The molecule has 0 radical (unpaired) electrons. The van der Waals surface area contributed by atoms with Crippen LogP contribution in [0.3, 0.4) is 0 Å². The summed E-state index contributed by atoms with van der Waals surface area (Å²) in [5.41, 5.74) is 3.59. The van der Waals surface area contributed by atoms with Gasteiger partial charge in [-0.25, -0.2) is 4.39 Å². The van der Waals surface area contributed by atoms with Gasteiger partial charge in [-0.2, -0.15) is 13.2 Å². The lowest BCUT2D eigenvalue weighted by atomic mass is 10.0. The van der Waals surface area contributed by atoms with Crippen LogP contribution < -0.4 is 16.2 Å². The first kappa shape index (κ1) is 21.2. The molecule has 0 bridgehead atoms. The Labute approximate surface area is 159 Å². The van der Waals surface area contributed by atoms with Gasteiger partial charge in [-0.05, 0) is 36.2 Å². The van der Waals surface area contributed by atoms with Crippen LogP contribution in [-0.2, 0) is 11.0 Å². The molecule has 9 heteroatoms. The first-order valence-corrected chi connectivity index (χ1v) is 8.38. The number of halogens is 4. The molecule has 0 saturated carbocycles. The van der Waals surface area contributed by atoms with Crippen molar-refractivity contribution >= 4 is 17.5 Å². The SMILES string of the molecule is CC(C)C(NC(=O)c1ccccc1F)C(=O)NNc1cccc(C(F)(F)F)c1. The highest BCUT2D eigenvalue weighted by Gasteiger charge is 2.30. The maximum absolute atomic E-state index is 13.7. The van der Waals surface area contributed by atoms with Gasteiger partial charge in [0, 0.05) is 0 Å². The predicted octanol–water partition coefficient (Wildman–Crippen LogP) is 3.74. The third-order valence-corrected chi connectivity index (χ3v) is 3.87. The van der Waals surface area contributed by atoms with E-state index >= 15 is 0 Å². The number of carbonyl (C=O) groups excluding carboxylic acids is 2. The third kappa shape index (κ3) is 5.45. The Balaban J connectivity index is 2.06. The minimum Gasteiger partial charge on any atom is -0.340 e. The van der Waals surface area contributed by atoms with Crippen molar-refractivity contribution in [3.05, 3.63) is 65.5 Å². The Morgan fingerprint density at radius 1 is 1.00 bits per heavy atom. The van der Waals surface area contributed by atoms with E-state index in [2.05, 4.69) is 16.2 Å². The summed E-state index contributed by atoms with van der Waals surface area (Å²) in [5, 5.41) is 2.43. The number of hydrogen-bond donors (Lipinski definition) is 3. The van der Waals surface area contributed by atoms with Gasteiger partial charge in [-0.1, -0.05) is 32.0 Å². The van der Waals surface area contributed by atoms with Gasteiger partial charge >= 0.3 is 6.18 Å². The first-order valence-electron chi connectivity index (χ1n) is 8.38. The van der Waals surface area contributed by atoms with Gasteiger partial charge in [0.15, 0.2) is 0 Å². The maximum atomic E-state index is 13.7. The molecule has 2 aromatic rings. The number of carbonyl (C=O) groups is 2. The van der Waals surface area contributed by atoms with Crippen LogP contribution in [0.5, 0.6) is 0 Å². The number of alkyl halides is 3. The van der Waals surface area contributed by atoms with E-state index in [9.17, 15) is 27.2 Å². The fourth-order valence-electron chi connectivity index (χ4n) is 2.38. The average Bonchev–Trinajstić information content (AvgIpc) is 2.63. The van der Waals surface area contributed by atoms with E-state index in [1.54, 1.807) is 13.8 Å². The Morgan fingerprint density at radius 2 is 1.68 bits per heavy atom. The van der Waals surface area contributed by atoms with Gasteiger partial charge in [0.2, 0.25) is 0 Å². The van der Waals surface area contributed by atoms with Crippen LogP contribution in [0.4, 0.5) is 23.2 Å². The molecule has 2 amide bonds. The van der Waals surface area contributed by atoms with Crippen LogP contribution in [0.1, 0.15) is 29.8 Å². The maximum Gasteiger partial charge on any atom is 0.416 e. The van der Waals surface area contributed by atoms with Crippen molar-refractivity contribution in [2.24, 2.45) is 5.92 Å². The van der Waals surface area contributed by atoms with Gasteiger partial charge in [0.1, 0.15) is 11.9 Å². The molecule has 150 valence electrons. The molecule has 1 unspecified atom stereocenters. The number of rotatable bonds is 6. The number of nitrogens with one attached hydrogen (secondary N) is 3. The van der Waals surface area contributed by atoms with Crippen LogP contribution in [0.2, 0.25) is 0 Å². The van der Waals surface area contributed by atoms with E-state index in [0.717, 1.165) is 18.2 Å². The molecule has 0 aromatic heterocycles. The molecule has 5 nitrogen and oxygen atoms in total. The van der Waals surface area contributed by atoms with Gasteiger partial charge in [0.05, 0.1) is 16.8 Å². The number of anilines is 1. The van der Waals surface area contributed by atoms with Crippen LogP contribution >= 0.6 is 0 Å². The fraction of sp³-hybridized carbons (Fsp3) is 0.263. The fourth-order valence-corrected chi connectivity index (χ4v) is 2.38. The lowest BCUT2D eigenvalue weighted by molar-refractivity contribution is -0.137. The molecule has 0 saturated heterocycles. The van der Waals surface area contributed by atoms with Gasteiger partial charge in [0.25, 0.3) is 11.8 Å². The normalized spacial score (nSPS) is 12.4. The number of hydrogen-bond acceptors (Lipinski definition) is 3. The molecule has 3 N–H and O–H groups in total. The van der Waals surface area contributed by atoms with Crippen molar-refractivity contribution in [3.63, 3.8) is 0 Å². The summed E-state index contributed by atoms with van der Waals surface area (Å²) in [6, 6.07) is 8.55. The van der Waals surface area contributed by atoms with Gasteiger partial charge in [-0.15, -0.1) is 0 Å². The molecule has 0 aliphatic rings. The van der Waals surface area contributed by atoms with Gasteiger partial charge in [-0.3, -0.25) is 20.4 Å². The Hall–Kier alpha value is -3.10. The summed E-state index contributed by atoms with van der Waals surface area (Å²) in [4.78, 5) is 24.6. The van der Waals surface area contributed by atoms with Crippen molar-refractivity contribution in [2.75, 3.05) is 5.43 Å². The highest BCUT2D eigenvalue weighted by atomic mass is 19.4. The molecule has 0 aliphatic carbocycles. The minimum atomic E-state index is -4.52. The smallest absolute Gasteiger partial charge is 0.340 e. The second kappa shape index (κ2) is 8.73. The van der Waals surface area contributed by atoms with Crippen molar-refractivity contribution in [1.29, 1.82) is 0 Å². The zero-order valence-corrected chi connectivity index (χ0v) is 15.1. The molecule has 0 aliphatic heterocycles. The highest BCUT2D eigenvalue weighted by Crippen LogP contribution is 2.30. The average molecular weight is 397 g/mol. The molecule has 1 atom stereocenters. The van der Waals surface area contributed by atoms with E-state index in [1.807, 2.05) is 0 Å². The van der Waals surface area contributed by atoms with Crippen molar-refractivity contribution in [2.45, 2.75) is 26.1 Å². The van der Waals surface area contributed by atoms with E-state index < -0.39 is 35.4 Å². The molecule has 2 rings (SSSR count). The summed E-state index contributed by atoms with van der Waals surface area (Å²) < 4.78 is 52.0. The zero-order valence-electron chi connectivity index (χ0n) is 15.1. The van der Waals surface area contributed by atoms with Crippen LogP contribution in [0.15, 0.2) is 48.5 Å². The van der Waals surface area contributed by atoms with Crippen LogP contribution in [-0.4, -0.2) is 17.9 Å². The van der Waals surface area contributed by atoms with E-state index in [1.165, 1.54) is 30.3 Å². The molecule has 2 aromatic carbocycles. The second-order valence-corrected chi connectivity index (χ2v) is 6.37. The van der Waals surface area contributed by atoms with Crippen LogP contribution in [0, 0.1) is 11.7 Å². The molecule has 0 spiro atoms. The summed E-state index contributed by atoms with van der Waals surface area (Å²) in [6.07, 6.45) is -4.52. The quantitative estimate of drug-likeness (QED) is 0.514. The van der Waals surface area contributed by atoms with E-state index in [0.29, 0.717) is 0 Å². The molecule has 0 heterocycles. The Bertz CT molecular complexity index is 853. The number of amides is 2. The highest BCUT2D eigenvalue weighted by molar-refractivity contribution is 5.98.